The molecular formula is C4H5N2Na. The molecule has 0 aliphatic rings. The van der Waals surface area contributed by atoms with Crippen molar-refractivity contribution >= 4 is 0 Å². The van der Waals surface area contributed by atoms with Crippen molar-refractivity contribution in [3.05, 3.63) is 18.2 Å². The predicted molar refractivity (Wildman–Crippen MR) is 22.3 cm³/mol. The number of nitrogens with zero attached hydrogens (tertiary/aromatic N) is 2. The van der Waals surface area contributed by atoms with Gasteiger partial charge in [-0.05, 0) is 6.92 Å². The van der Waals surface area contributed by atoms with Gasteiger partial charge in [-0.3, -0.25) is 0 Å². The van der Waals surface area contributed by atoms with Gasteiger partial charge in [-0.15, -0.1) is 0 Å². The van der Waals surface area contributed by atoms with Crippen LogP contribution in [0, 0.1) is 6.92 Å². The van der Waals surface area contributed by atoms with E-state index in [9.17, 15) is 0 Å². The van der Waals surface area contributed by atoms with Gasteiger partial charge in [0.25, 0.3) is 0 Å². The molecule has 0 saturated heterocycles. The van der Waals surface area contributed by atoms with E-state index in [1.807, 2.05) is 6.92 Å². The van der Waals surface area contributed by atoms with Crippen LogP contribution in [-0.4, -0.2) is 4.98 Å². The monoisotopic (exact) mass is 104 g/mol. The maximum atomic E-state index is 3.81. The number of rotatable bonds is 0. The molecule has 0 spiro atoms. The molecule has 2 nitrogen and oxygen atoms in total. The Balaban J connectivity index is 0.000000360. The van der Waals surface area contributed by atoms with Crippen molar-refractivity contribution in [1.82, 2.24) is 9.97 Å². The van der Waals surface area contributed by atoms with Gasteiger partial charge in [0.1, 0.15) is 0 Å². The average molecular weight is 104 g/mol. The second-order valence-electron chi connectivity index (χ2n) is 1.16. The number of imidazole rings is 1. The fourth-order valence-electron chi connectivity index (χ4n) is 0.299. The van der Waals surface area contributed by atoms with Crippen LogP contribution >= 0.6 is 0 Å². The molecule has 0 aromatic carbocycles. The van der Waals surface area contributed by atoms with Crippen molar-refractivity contribution < 1.29 is 29.6 Å². The fourth-order valence-corrected chi connectivity index (χ4v) is 0.299. The first-order valence-corrected chi connectivity index (χ1v) is 1.79. The molecule has 0 fully saturated rings. The molecule has 0 saturated carbocycles. The zero-order valence-electron chi connectivity index (χ0n) is 4.55. The van der Waals surface area contributed by atoms with Gasteiger partial charge in [0.05, 0.1) is 0 Å². The van der Waals surface area contributed by atoms with Crippen LogP contribution in [0.3, 0.4) is 0 Å². The van der Waals surface area contributed by atoms with Crippen LogP contribution in [0.2, 0.25) is 0 Å². The molecule has 32 valence electrons. The van der Waals surface area contributed by atoms with Crippen LogP contribution < -0.4 is 34.5 Å². The SMILES string of the molecule is Cc1c[n-]cn1.[Na+]. The van der Waals surface area contributed by atoms with Crippen molar-refractivity contribution in [2.24, 2.45) is 0 Å². The van der Waals surface area contributed by atoms with E-state index in [1.54, 1.807) is 6.20 Å². The zero-order chi connectivity index (χ0) is 4.41. The largest absolute Gasteiger partial charge is 1.00 e. The van der Waals surface area contributed by atoms with Gasteiger partial charge >= 0.3 is 29.6 Å². The Labute approximate surface area is 64.6 Å². The Hall–Kier alpha value is 0.210. The third-order valence-electron chi connectivity index (χ3n) is 0.589. The molecule has 0 radical (unpaired) electrons. The minimum Gasteiger partial charge on any atom is -0.450 e. The summed E-state index contributed by atoms with van der Waals surface area (Å²) in [6.45, 7) is 1.91. The van der Waals surface area contributed by atoms with Crippen molar-refractivity contribution in [2.75, 3.05) is 0 Å². The second-order valence-corrected chi connectivity index (χ2v) is 1.16. The minimum atomic E-state index is 0. The molecule has 7 heavy (non-hydrogen) atoms. The molecule has 1 aromatic heterocycles. The van der Waals surface area contributed by atoms with E-state index in [-0.39, 0.29) is 29.6 Å². The first kappa shape index (κ1) is 7.21. The van der Waals surface area contributed by atoms with Gasteiger partial charge in [-0.1, -0.05) is 18.2 Å². The number of aryl methyl sites for hydroxylation is 1. The predicted octanol–water partition coefficient (Wildman–Crippen LogP) is -2.65. The normalized spacial score (nSPS) is 7.57. The second kappa shape index (κ2) is 3.24. The maximum absolute atomic E-state index is 3.81. The first-order valence-electron chi connectivity index (χ1n) is 1.79. The van der Waals surface area contributed by atoms with Gasteiger partial charge < -0.3 is 9.97 Å². The zero-order valence-corrected chi connectivity index (χ0v) is 6.55. The quantitative estimate of drug-likeness (QED) is 0.336. The minimum absolute atomic E-state index is 0. The van der Waals surface area contributed by atoms with Crippen LogP contribution in [0.25, 0.3) is 0 Å². The third kappa shape index (κ3) is 2.12. The van der Waals surface area contributed by atoms with Crippen LogP contribution in [0.1, 0.15) is 5.69 Å². The number of hydrogen-bond donors (Lipinski definition) is 0. The van der Waals surface area contributed by atoms with Gasteiger partial charge in [-0.25, -0.2) is 0 Å². The summed E-state index contributed by atoms with van der Waals surface area (Å²) in [5.41, 5.74) is 0.981. The summed E-state index contributed by atoms with van der Waals surface area (Å²) in [5, 5.41) is 0. The fraction of sp³-hybridized carbons (Fsp3) is 0.250. The van der Waals surface area contributed by atoms with Crippen molar-refractivity contribution in [3.63, 3.8) is 0 Å². The standard InChI is InChI=1S/C4H5N2.Na/c1-4-2-5-3-6-4;/h2-3H,1H3;/q-1;+1. The maximum Gasteiger partial charge on any atom is 1.00 e. The smallest absolute Gasteiger partial charge is 0.450 e. The summed E-state index contributed by atoms with van der Waals surface area (Å²) in [7, 11) is 0. The Kier molecular flexibility index (Phi) is 3.34. The van der Waals surface area contributed by atoms with E-state index in [1.165, 1.54) is 6.33 Å². The summed E-state index contributed by atoms with van der Waals surface area (Å²) in [6, 6.07) is 0. The van der Waals surface area contributed by atoms with E-state index in [0.29, 0.717) is 0 Å². The van der Waals surface area contributed by atoms with Gasteiger partial charge in [0.2, 0.25) is 0 Å². The summed E-state index contributed by atoms with van der Waals surface area (Å²) in [4.78, 5) is 7.52. The molecule has 0 amide bonds. The first-order chi connectivity index (χ1) is 2.89. The summed E-state index contributed by atoms with van der Waals surface area (Å²) >= 11 is 0. The van der Waals surface area contributed by atoms with Gasteiger partial charge in [-0.2, -0.15) is 0 Å². The Morgan fingerprint density at radius 3 is 2.57 bits per heavy atom. The molecule has 0 bridgehead atoms. The van der Waals surface area contributed by atoms with Crippen LogP contribution in [-0.2, 0) is 0 Å². The molecule has 0 atom stereocenters. The molecule has 1 aromatic rings. The molecule has 0 aliphatic carbocycles. The molecular weight excluding hydrogens is 99.0 g/mol. The van der Waals surface area contributed by atoms with E-state index >= 15 is 0 Å². The Bertz CT molecular complexity index is 113. The van der Waals surface area contributed by atoms with Crippen molar-refractivity contribution in [2.45, 2.75) is 6.92 Å². The van der Waals surface area contributed by atoms with E-state index in [0.717, 1.165) is 5.69 Å². The van der Waals surface area contributed by atoms with Crippen LogP contribution in [0.5, 0.6) is 0 Å². The number of aromatic nitrogens is 2. The molecule has 1 rings (SSSR count). The summed E-state index contributed by atoms with van der Waals surface area (Å²) in [6.07, 6.45) is 3.26. The topological polar surface area (TPSA) is 27.0 Å². The summed E-state index contributed by atoms with van der Waals surface area (Å²) in [5.74, 6) is 0. The van der Waals surface area contributed by atoms with Gasteiger partial charge in [0.15, 0.2) is 0 Å². The summed E-state index contributed by atoms with van der Waals surface area (Å²) < 4.78 is 0. The Morgan fingerprint density at radius 2 is 2.43 bits per heavy atom. The average Bonchev–Trinajstić information content (AvgIpc) is 1.86. The molecule has 0 aliphatic heterocycles. The van der Waals surface area contributed by atoms with E-state index < -0.39 is 0 Å². The van der Waals surface area contributed by atoms with Crippen molar-refractivity contribution in [3.8, 4) is 0 Å². The van der Waals surface area contributed by atoms with Crippen molar-refractivity contribution in [1.29, 1.82) is 0 Å². The Morgan fingerprint density at radius 1 is 1.71 bits per heavy atom. The van der Waals surface area contributed by atoms with Gasteiger partial charge in [0, 0.05) is 0 Å². The molecule has 3 heteroatoms. The van der Waals surface area contributed by atoms with Crippen LogP contribution in [0.15, 0.2) is 12.5 Å². The van der Waals surface area contributed by atoms with Crippen LogP contribution in [0.4, 0.5) is 0 Å². The molecule has 1 heterocycles. The molecule has 0 unspecified atom stereocenters. The molecule has 0 N–H and O–H groups in total. The number of hydrogen-bond acceptors (Lipinski definition) is 1. The van der Waals surface area contributed by atoms with E-state index in [2.05, 4.69) is 9.97 Å². The van der Waals surface area contributed by atoms with E-state index in [4.69, 9.17) is 0 Å². The third-order valence-corrected chi connectivity index (χ3v) is 0.589.